The van der Waals surface area contributed by atoms with Crippen molar-refractivity contribution in [2.75, 3.05) is 25.0 Å². The van der Waals surface area contributed by atoms with Gasteiger partial charge in [-0.25, -0.2) is 0 Å². The maximum atomic E-state index is 4.27. The SMILES string of the molecule is c1cc2nnnn2nc1NCCC1CCCNC1. The van der Waals surface area contributed by atoms with Crippen molar-refractivity contribution in [1.29, 1.82) is 0 Å². The van der Waals surface area contributed by atoms with E-state index in [0.717, 1.165) is 24.8 Å². The summed E-state index contributed by atoms with van der Waals surface area (Å²) in [5.74, 6) is 1.60. The normalized spacial score (nSPS) is 20.1. The molecule has 1 atom stereocenters. The van der Waals surface area contributed by atoms with Gasteiger partial charge in [-0.05, 0) is 60.8 Å². The van der Waals surface area contributed by atoms with Crippen molar-refractivity contribution in [1.82, 2.24) is 30.6 Å². The molecule has 2 N–H and O–H groups in total. The quantitative estimate of drug-likeness (QED) is 0.810. The molecule has 3 heterocycles. The molecule has 1 aliphatic heterocycles. The van der Waals surface area contributed by atoms with Crippen LogP contribution in [0.3, 0.4) is 0 Å². The second kappa shape index (κ2) is 5.26. The molecule has 0 amide bonds. The van der Waals surface area contributed by atoms with E-state index in [4.69, 9.17) is 0 Å². The first-order chi connectivity index (χ1) is 8.92. The highest BCUT2D eigenvalue weighted by Gasteiger charge is 2.12. The van der Waals surface area contributed by atoms with Crippen LogP contribution in [0, 0.1) is 5.92 Å². The standard InChI is InChI=1S/C11H17N7/c1-2-9(8-12-6-1)5-7-13-10-3-4-11-14-16-17-18(11)15-10/h3-4,9,12H,1-2,5-8H2,(H,13,15). The number of piperidine rings is 1. The van der Waals surface area contributed by atoms with Crippen molar-refractivity contribution >= 4 is 11.5 Å². The van der Waals surface area contributed by atoms with Crippen LogP contribution in [0.2, 0.25) is 0 Å². The largest absolute Gasteiger partial charge is 0.369 e. The average Bonchev–Trinajstić information content (AvgIpc) is 2.87. The van der Waals surface area contributed by atoms with E-state index in [1.165, 1.54) is 30.4 Å². The molecule has 0 aliphatic carbocycles. The van der Waals surface area contributed by atoms with Gasteiger partial charge in [-0.1, -0.05) is 0 Å². The minimum absolute atomic E-state index is 0.664. The molecule has 7 nitrogen and oxygen atoms in total. The Balaban J connectivity index is 1.52. The van der Waals surface area contributed by atoms with Gasteiger partial charge in [0, 0.05) is 6.54 Å². The lowest BCUT2D eigenvalue weighted by atomic mass is 9.96. The Morgan fingerprint density at radius 2 is 2.44 bits per heavy atom. The first kappa shape index (κ1) is 11.3. The van der Waals surface area contributed by atoms with E-state index in [1.54, 1.807) is 0 Å². The molecule has 18 heavy (non-hydrogen) atoms. The van der Waals surface area contributed by atoms with Crippen LogP contribution < -0.4 is 10.6 Å². The lowest BCUT2D eigenvalue weighted by Gasteiger charge is -2.22. The van der Waals surface area contributed by atoms with Crippen molar-refractivity contribution < 1.29 is 0 Å². The lowest BCUT2D eigenvalue weighted by Crippen LogP contribution is -2.30. The number of fused-ring (bicyclic) bond motifs is 1. The highest BCUT2D eigenvalue weighted by Crippen LogP contribution is 2.14. The molecule has 96 valence electrons. The fraction of sp³-hybridized carbons (Fsp3) is 0.636. The third kappa shape index (κ3) is 2.56. The first-order valence-corrected chi connectivity index (χ1v) is 6.42. The summed E-state index contributed by atoms with van der Waals surface area (Å²) in [4.78, 5) is 0. The monoisotopic (exact) mass is 247 g/mol. The molecule has 0 spiro atoms. The number of nitrogens with zero attached hydrogens (tertiary/aromatic N) is 5. The Hall–Kier alpha value is -1.76. The Labute approximate surface area is 105 Å². The fourth-order valence-corrected chi connectivity index (χ4v) is 2.32. The van der Waals surface area contributed by atoms with Gasteiger partial charge in [0.2, 0.25) is 0 Å². The van der Waals surface area contributed by atoms with Crippen LogP contribution in [-0.4, -0.2) is 44.9 Å². The Bertz CT molecular complexity index is 503. The van der Waals surface area contributed by atoms with Gasteiger partial charge in [0.15, 0.2) is 5.65 Å². The van der Waals surface area contributed by atoms with Gasteiger partial charge in [-0.15, -0.1) is 14.8 Å². The van der Waals surface area contributed by atoms with Crippen molar-refractivity contribution in [2.45, 2.75) is 19.3 Å². The second-order valence-corrected chi connectivity index (χ2v) is 4.67. The molecule has 0 aromatic carbocycles. The predicted octanol–water partition coefficient (Wildman–Crippen LogP) is 0.321. The smallest absolute Gasteiger partial charge is 0.200 e. The van der Waals surface area contributed by atoms with Crippen LogP contribution >= 0.6 is 0 Å². The van der Waals surface area contributed by atoms with Gasteiger partial charge in [-0.2, -0.15) is 0 Å². The average molecular weight is 247 g/mol. The van der Waals surface area contributed by atoms with Crippen LogP contribution in [0.5, 0.6) is 0 Å². The van der Waals surface area contributed by atoms with Crippen LogP contribution in [-0.2, 0) is 0 Å². The summed E-state index contributed by atoms with van der Waals surface area (Å²) in [7, 11) is 0. The summed E-state index contributed by atoms with van der Waals surface area (Å²) in [5.41, 5.74) is 0.664. The summed E-state index contributed by atoms with van der Waals surface area (Å²) < 4.78 is 1.44. The first-order valence-electron chi connectivity index (χ1n) is 6.42. The van der Waals surface area contributed by atoms with E-state index < -0.39 is 0 Å². The summed E-state index contributed by atoms with van der Waals surface area (Å²) in [6.07, 6.45) is 3.79. The number of nitrogens with one attached hydrogen (secondary N) is 2. The number of anilines is 1. The number of tetrazole rings is 1. The van der Waals surface area contributed by atoms with E-state index in [9.17, 15) is 0 Å². The van der Waals surface area contributed by atoms with Crippen molar-refractivity contribution in [2.24, 2.45) is 5.92 Å². The van der Waals surface area contributed by atoms with E-state index in [-0.39, 0.29) is 0 Å². The molecule has 1 fully saturated rings. The summed E-state index contributed by atoms with van der Waals surface area (Å²) >= 11 is 0. The lowest BCUT2D eigenvalue weighted by molar-refractivity contribution is 0.364. The fourth-order valence-electron chi connectivity index (χ4n) is 2.32. The molecule has 7 heteroatoms. The van der Waals surface area contributed by atoms with Gasteiger partial charge < -0.3 is 10.6 Å². The van der Waals surface area contributed by atoms with Crippen LogP contribution in [0.4, 0.5) is 5.82 Å². The van der Waals surface area contributed by atoms with Crippen molar-refractivity contribution in [3.63, 3.8) is 0 Å². The molecule has 1 saturated heterocycles. The Kier molecular flexibility index (Phi) is 3.31. The van der Waals surface area contributed by atoms with Gasteiger partial charge >= 0.3 is 0 Å². The Morgan fingerprint density at radius 3 is 3.33 bits per heavy atom. The maximum absolute atomic E-state index is 4.27. The minimum atomic E-state index is 0.664. The zero-order chi connectivity index (χ0) is 12.2. The number of hydrogen-bond acceptors (Lipinski definition) is 6. The zero-order valence-corrected chi connectivity index (χ0v) is 10.2. The molecule has 0 bridgehead atoms. The molecule has 0 saturated carbocycles. The topological polar surface area (TPSA) is 80.0 Å². The third-order valence-corrected chi connectivity index (χ3v) is 3.33. The van der Waals surface area contributed by atoms with Gasteiger partial charge in [-0.3, -0.25) is 0 Å². The van der Waals surface area contributed by atoms with Gasteiger partial charge in [0.05, 0.1) is 0 Å². The van der Waals surface area contributed by atoms with Crippen LogP contribution in [0.25, 0.3) is 5.65 Å². The summed E-state index contributed by atoms with van der Waals surface area (Å²) in [6.45, 7) is 3.25. The van der Waals surface area contributed by atoms with Crippen LogP contribution in [0.1, 0.15) is 19.3 Å². The van der Waals surface area contributed by atoms with Crippen molar-refractivity contribution in [3.8, 4) is 0 Å². The molecule has 1 aliphatic rings. The molecule has 1 unspecified atom stereocenters. The maximum Gasteiger partial charge on any atom is 0.200 e. The third-order valence-electron chi connectivity index (χ3n) is 3.33. The molecule has 2 aromatic heterocycles. The van der Waals surface area contributed by atoms with Crippen LogP contribution in [0.15, 0.2) is 12.1 Å². The van der Waals surface area contributed by atoms with E-state index in [1.807, 2.05) is 12.1 Å². The number of rotatable bonds is 4. The van der Waals surface area contributed by atoms with Gasteiger partial charge in [0.25, 0.3) is 0 Å². The molecule has 0 radical (unpaired) electrons. The van der Waals surface area contributed by atoms with Gasteiger partial charge in [0.1, 0.15) is 5.82 Å². The van der Waals surface area contributed by atoms with E-state index in [0.29, 0.717) is 5.65 Å². The Morgan fingerprint density at radius 1 is 1.44 bits per heavy atom. The molecule has 2 aromatic rings. The second-order valence-electron chi connectivity index (χ2n) is 4.67. The molecule has 3 rings (SSSR count). The molecular weight excluding hydrogens is 230 g/mol. The predicted molar refractivity (Wildman–Crippen MR) is 67.3 cm³/mol. The zero-order valence-electron chi connectivity index (χ0n) is 10.2. The summed E-state index contributed by atoms with van der Waals surface area (Å²) in [6, 6.07) is 3.77. The van der Waals surface area contributed by atoms with Crippen molar-refractivity contribution in [3.05, 3.63) is 12.1 Å². The highest BCUT2D eigenvalue weighted by molar-refractivity contribution is 5.41. The number of hydrogen-bond donors (Lipinski definition) is 2. The molecular formula is C11H17N7. The van der Waals surface area contributed by atoms with E-state index in [2.05, 4.69) is 31.3 Å². The highest BCUT2D eigenvalue weighted by atomic mass is 15.6. The van der Waals surface area contributed by atoms with E-state index >= 15 is 0 Å². The summed E-state index contributed by atoms with van der Waals surface area (Å²) in [5, 5.41) is 22.2. The number of aromatic nitrogens is 5. The minimum Gasteiger partial charge on any atom is -0.369 e.